The van der Waals surface area contributed by atoms with E-state index in [2.05, 4.69) is 39.4 Å². The molecule has 1 heterocycles. The molecule has 0 amide bonds. The Bertz CT molecular complexity index is 312. The van der Waals surface area contributed by atoms with E-state index < -0.39 is 0 Å². The number of nitrogens with one attached hydrogen (secondary N) is 1. The second-order valence-electron chi connectivity index (χ2n) is 3.46. The summed E-state index contributed by atoms with van der Waals surface area (Å²) in [5.74, 6) is 0.585. The van der Waals surface area contributed by atoms with Gasteiger partial charge in [0.2, 0.25) is 0 Å². The molecular weight excluding hydrogens is 228 g/mol. The predicted molar refractivity (Wildman–Crippen MR) is 58.9 cm³/mol. The molecule has 1 aliphatic rings. The molecule has 2 rings (SSSR count). The number of fused-ring (bicyclic) bond motifs is 1. The zero-order valence-corrected chi connectivity index (χ0v) is 8.97. The van der Waals surface area contributed by atoms with Gasteiger partial charge < -0.3 is 11.1 Å². The van der Waals surface area contributed by atoms with E-state index in [0.29, 0.717) is 5.92 Å². The van der Waals surface area contributed by atoms with Gasteiger partial charge in [-0.25, -0.2) is 0 Å². The van der Waals surface area contributed by atoms with Crippen molar-refractivity contribution < 1.29 is 0 Å². The van der Waals surface area contributed by atoms with Crippen LogP contribution in [0.1, 0.15) is 5.56 Å². The van der Waals surface area contributed by atoms with Crippen LogP contribution in [-0.2, 0) is 6.42 Å². The van der Waals surface area contributed by atoms with Crippen LogP contribution in [-0.4, -0.2) is 13.1 Å². The number of nitrogens with two attached hydrogens (primary N) is 1. The number of halogens is 1. The van der Waals surface area contributed by atoms with E-state index in [9.17, 15) is 0 Å². The van der Waals surface area contributed by atoms with Crippen molar-refractivity contribution in [3.05, 3.63) is 28.2 Å². The lowest BCUT2D eigenvalue weighted by Gasteiger charge is -2.25. The van der Waals surface area contributed by atoms with E-state index in [4.69, 9.17) is 5.73 Å². The molecule has 0 spiro atoms. The van der Waals surface area contributed by atoms with Gasteiger partial charge in [-0.2, -0.15) is 0 Å². The third kappa shape index (κ3) is 1.71. The van der Waals surface area contributed by atoms with E-state index in [1.165, 1.54) is 11.3 Å². The number of anilines is 1. The van der Waals surface area contributed by atoms with Crippen LogP contribution in [0.4, 0.5) is 5.69 Å². The fourth-order valence-corrected chi connectivity index (χ4v) is 2.28. The lowest BCUT2D eigenvalue weighted by Crippen LogP contribution is -2.29. The lowest BCUT2D eigenvalue weighted by atomic mass is 9.94. The molecule has 1 aromatic rings. The summed E-state index contributed by atoms with van der Waals surface area (Å²) < 4.78 is 1.15. The summed E-state index contributed by atoms with van der Waals surface area (Å²) in [4.78, 5) is 0. The van der Waals surface area contributed by atoms with Crippen molar-refractivity contribution in [1.82, 2.24) is 0 Å². The van der Waals surface area contributed by atoms with E-state index >= 15 is 0 Å². The van der Waals surface area contributed by atoms with Crippen LogP contribution in [0.15, 0.2) is 22.7 Å². The molecule has 3 heteroatoms. The molecular formula is C10H13BrN2. The Labute approximate surface area is 86.6 Å². The van der Waals surface area contributed by atoms with Crippen molar-refractivity contribution in [2.45, 2.75) is 6.42 Å². The molecule has 1 aromatic carbocycles. The molecule has 0 bridgehead atoms. The van der Waals surface area contributed by atoms with Crippen LogP contribution in [0.5, 0.6) is 0 Å². The zero-order valence-electron chi connectivity index (χ0n) is 7.39. The molecule has 2 nitrogen and oxygen atoms in total. The second-order valence-corrected chi connectivity index (χ2v) is 4.32. The van der Waals surface area contributed by atoms with Crippen molar-refractivity contribution >= 4 is 21.6 Å². The maximum atomic E-state index is 5.65. The molecule has 0 saturated carbocycles. The van der Waals surface area contributed by atoms with Gasteiger partial charge in [0.25, 0.3) is 0 Å². The molecule has 0 aliphatic carbocycles. The number of hydrogen-bond acceptors (Lipinski definition) is 2. The third-order valence-corrected chi connectivity index (χ3v) is 3.17. The van der Waals surface area contributed by atoms with Gasteiger partial charge in [-0.05, 0) is 46.4 Å². The van der Waals surface area contributed by atoms with Gasteiger partial charge >= 0.3 is 0 Å². The highest BCUT2D eigenvalue weighted by Gasteiger charge is 2.17. The van der Waals surface area contributed by atoms with Crippen molar-refractivity contribution in [3.8, 4) is 0 Å². The quantitative estimate of drug-likeness (QED) is 0.789. The Hall–Kier alpha value is -0.540. The molecule has 3 N–H and O–H groups in total. The van der Waals surface area contributed by atoms with Crippen LogP contribution in [0.2, 0.25) is 0 Å². The Morgan fingerprint density at radius 3 is 3.15 bits per heavy atom. The summed E-state index contributed by atoms with van der Waals surface area (Å²) in [5.41, 5.74) is 8.26. The van der Waals surface area contributed by atoms with Crippen molar-refractivity contribution in [2.75, 3.05) is 18.4 Å². The van der Waals surface area contributed by atoms with E-state index in [-0.39, 0.29) is 0 Å². The van der Waals surface area contributed by atoms with Crippen LogP contribution in [0.25, 0.3) is 0 Å². The number of benzene rings is 1. The highest BCUT2D eigenvalue weighted by Crippen LogP contribution is 2.31. The smallest absolute Gasteiger partial charge is 0.0517 e. The van der Waals surface area contributed by atoms with Gasteiger partial charge in [0.15, 0.2) is 0 Å². The molecule has 0 saturated heterocycles. The molecule has 1 atom stereocenters. The van der Waals surface area contributed by atoms with Crippen LogP contribution < -0.4 is 11.1 Å². The molecule has 70 valence electrons. The van der Waals surface area contributed by atoms with Crippen LogP contribution in [0.3, 0.4) is 0 Å². The Morgan fingerprint density at radius 1 is 1.54 bits per heavy atom. The van der Waals surface area contributed by atoms with E-state index in [1.54, 1.807) is 0 Å². The van der Waals surface area contributed by atoms with E-state index in [0.717, 1.165) is 24.0 Å². The normalized spacial score (nSPS) is 20.6. The fraction of sp³-hybridized carbons (Fsp3) is 0.400. The first-order chi connectivity index (χ1) is 6.31. The minimum atomic E-state index is 0.585. The van der Waals surface area contributed by atoms with Crippen LogP contribution in [0, 0.1) is 5.92 Å². The maximum Gasteiger partial charge on any atom is 0.0517 e. The van der Waals surface area contributed by atoms with Gasteiger partial charge in [-0.3, -0.25) is 0 Å². The van der Waals surface area contributed by atoms with Gasteiger partial charge in [0.1, 0.15) is 0 Å². The third-order valence-electron chi connectivity index (χ3n) is 2.51. The predicted octanol–water partition coefficient (Wildman–Crippen LogP) is 1.99. The SMILES string of the molecule is NCC1CNc2c(Br)cccc2C1. The average molecular weight is 241 g/mol. The van der Waals surface area contributed by atoms with Crippen molar-refractivity contribution in [2.24, 2.45) is 11.7 Å². The van der Waals surface area contributed by atoms with Gasteiger partial charge in [0, 0.05) is 11.0 Å². The molecule has 13 heavy (non-hydrogen) atoms. The van der Waals surface area contributed by atoms with Gasteiger partial charge in [0.05, 0.1) is 5.69 Å². The van der Waals surface area contributed by atoms with Crippen molar-refractivity contribution in [1.29, 1.82) is 0 Å². The van der Waals surface area contributed by atoms with Crippen molar-refractivity contribution in [3.63, 3.8) is 0 Å². The van der Waals surface area contributed by atoms with Gasteiger partial charge in [-0.15, -0.1) is 0 Å². The van der Waals surface area contributed by atoms with Crippen LogP contribution >= 0.6 is 15.9 Å². The summed E-state index contributed by atoms with van der Waals surface area (Å²) in [6, 6.07) is 6.30. The summed E-state index contributed by atoms with van der Waals surface area (Å²) in [6.07, 6.45) is 1.10. The summed E-state index contributed by atoms with van der Waals surface area (Å²) in [6.45, 7) is 1.76. The minimum absolute atomic E-state index is 0.585. The first-order valence-corrected chi connectivity index (χ1v) is 5.32. The molecule has 1 unspecified atom stereocenters. The Kier molecular flexibility index (Phi) is 2.56. The second kappa shape index (κ2) is 3.68. The lowest BCUT2D eigenvalue weighted by molar-refractivity contribution is 0.549. The molecule has 0 radical (unpaired) electrons. The first-order valence-electron chi connectivity index (χ1n) is 4.52. The topological polar surface area (TPSA) is 38.0 Å². The summed E-state index contributed by atoms with van der Waals surface area (Å²) in [7, 11) is 0. The standard InChI is InChI=1S/C10H13BrN2/c11-9-3-1-2-8-4-7(5-12)6-13-10(8)9/h1-3,7,13H,4-6,12H2. The van der Waals surface area contributed by atoms with E-state index in [1.807, 2.05) is 0 Å². The minimum Gasteiger partial charge on any atom is -0.384 e. The average Bonchev–Trinajstić information content (AvgIpc) is 2.18. The van der Waals surface area contributed by atoms with Gasteiger partial charge in [-0.1, -0.05) is 12.1 Å². The Morgan fingerprint density at radius 2 is 2.38 bits per heavy atom. The number of hydrogen-bond donors (Lipinski definition) is 2. The zero-order chi connectivity index (χ0) is 9.26. The maximum absolute atomic E-state index is 5.65. The monoisotopic (exact) mass is 240 g/mol. The summed E-state index contributed by atoms with van der Waals surface area (Å²) >= 11 is 3.53. The molecule has 0 fully saturated rings. The number of rotatable bonds is 1. The fourth-order valence-electron chi connectivity index (χ4n) is 1.73. The largest absolute Gasteiger partial charge is 0.384 e. The molecule has 1 aliphatic heterocycles. The molecule has 0 aromatic heterocycles. The highest BCUT2D eigenvalue weighted by molar-refractivity contribution is 9.10. The Balaban J connectivity index is 2.31. The summed E-state index contributed by atoms with van der Waals surface area (Å²) in [5, 5.41) is 3.41. The first kappa shape index (κ1) is 9.03. The number of para-hydroxylation sites is 1. The highest BCUT2D eigenvalue weighted by atomic mass is 79.9.